The molecule has 0 radical (unpaired) electrons. The molecule has 9 heteroatoms. The van der Waals surface area contributed by atoms with Gasteiger partial charge >= 0.3 is 11.9 Å². The van der Waals surface area contributed by atoms with Gasteiger partial charge < -0.3 is 33.3 Å². The number of hydrogen-bond donors (Lipinski definition) is 0. The zero-order valence-electron chi connectivity index (χ0n) is 41.0. The summed E-state index contributed by atoms with van der Waals surface area (Å²) in [6.45, 7) is 4.70. The second-order valence-corrected chi connectivity index (χ2v) is 18.5. The van der Waals surface area contributed by atoms with Crippen LogP contribution in [0.25, 0.3) is 0 Å². The van der Waals surface area contributed by atoms with Gasteiger partial charge in [0, 0.05) is 12.8 Å². The lowest BCUT2D eigenvalue weighted by Gasteiger charge is -2.26. The Morgan fingerprint density at radius 1 is 0.484 bits per heavy atom. The minimum absolute atomic E-state index is 0.149. The Morgan fingerprint density at radius 3 is 1.29 bits per heavy atom. The average Bonchev–Trinajstić information content (AvgIpc) is 3.23. The number of aliphatic carboxylic acids is 1. The predicted octanol–water partition coefficient (Wildman–Crippen LogP) is 12.8. The van der Waals surface area contributed by atoms with Crippen LogP contribution in [0.1, 0.15) is 226 Å². The summed E-state index contributed by atoms with van der Waals surface area (Å²) in [7, 11) is 5.91. The van der Waals surface area contributed by atoms with Crippen LogP contribution in [-0.2, 0) is 33.3 Å². The van der Waals surface area contributed by atoms with E-state index in [9.17, 15) is 19.5 Å². The van der Waals surface area contributed by atoms with E-state index in [2.05, 4.69) is 50.3 Å². The van der Waals surface area contributed by atoms with Crippen molar-refractivity contribution >= 4 is 17.9 Å². The topological polar surface area (TPSA) is 111 Å². The van der Waals surface area contributed by atoms with Crippen molar-refractivity contribution in [2.75, 3.05) is 47.5 Å². The van der Waals surface area contributed by atoms with E-state index in [1.165, 1.54) is 148 Å². The smallest absolute Gasteiger partial charge is 0.306 e. The Bertz CT molecular complexity index is 1110. The number of hydrogen-bond acceptors (Lipinski definition) is 8. The van der Waals surface area contributed by atoms with Gasteiger partial charge in [-0.3, -0.25) is 9.59 Å². The molecule has 0 saturated heterocycles. The molecular formula is C53H97NO8. The lowest BCUT2D eigenvalue weighted by molar-refractivity contribution is -0.870. The zero-order valence-corrected chi connectivity index (χ0v) is 41.0. The average molecular weight is 876 g/mol. The largest absolute Gasteiger partial charge is 0.545 e. The van der Waals surface area contributed by atoms with Crippen LogP contribution in [0.3, 0.4) is 0 Å². The first kappa shape index (κ1) is 59.5. The Hall–Kier alpha value is -2.49. The van der Waals surface area contributed by atoms with Gasteiger partial charge in [-0.25, -0.2) is 0 Å². The number of unbranched alkanes of at least 4 members (excludes halogenated alkanes) is 26. The van der Waals surface area contributed by atoms with E-state index < -0.39 is 24.3 Å². The molecule has 0 aromatic carbocycles. The summed E-state index contributed by atoms with van der Waals surface area (Å²) in [6.07, 6.45) is 49.2. The highest BCUT2D eigenvalue weighted by atomic mass is 16.7. The molecular weight excluding hydrogens is 779 g/mol. The van der Waals surface area contributed by atoms with E-state index in [4.69, 9.17) is 18.9 Å². The molecule has 0 heterocycles. The van der Waals surface area contributed by atoms with Crippen molar-refractivity contribution in [2.24, 2.45) is 0 Å². The number of rotatable bonds is 47. The van der Waals surface area contributed by atoms with Crippen LogP contribution in [0.2, 0.25) is 0 Å². The Labute approximate surface area is 381 Å². The number of likely N-dealkylation sites (N-methyl/N-ethyl adjacent to an activating group) is 1. The maximum Gasteiger partial charge on any atom is 0.306 e. The third-order valence-corrected chi connectivity index (χ3v) is 11.1. The van der Waals surface area contributed by atoms with Crippen molar-refractivity contribution in [3.63, 3.8) is 0 Å². The SMILES string of the molecule is CCCCCCC/C=C\C/C=C\C/C=C\CCCCCCCCCCCCCCCCC(=O)OC(COC(=O)CCCCCCCCCC)COC(OCC[N+](C)(C)C)C(=O)[O-]. The molecule has 0 aliphatic heterocycles. The molecule has 0 bridgehead atoms. The van der Waals surface area contributed by atoms with Crippen molar-refractivity contribution in [3.05, 3.63) is 36.5 Å². The first-order valence-corrected chi connectivity index (χ1v) is 25.6. The van der Waals surface area contributed by atoms with Crippen LogP contribution in [-0.4, -0.2) is 82.3 Å². The molecule has 0 spiro atoms. The number of carbonyl (C=O) groups excluding carboxylic acids is 3. The Morgan fingerprint density at radius 2 is 0.871 bits per heavy atom. The minimum atomic E-state index is -1.62. The third kappa shape index (κ3) is 45.5. The van der Waals surface area contributed by atoms with Crippen LogP contribution in [0.4, 0.5) is 0 Å². The number of allylic oxidation sites excluding steroid dienone is 6. The van der Waals surface area contributed by atoms with Crippen molar-refractivity contribution in [1.29, 1.82) is 0 Å². The summed E-state index contributed by atoms with van der Waals surface area (Å²) in [5, 5.41) is 11.7. The molecule has 0 N–H and O–H groups in total. The molecule has 0 aliphatic carbocycles. The first-order chi connectivity index (χ1) is 30.1. The standard InChI is InChI=1S/C53H97NO8/c1-6-8-10-12-14-16-17-18-19-20-21-22-23-24-25-26-27-28-29-30-31-32-33-34-35-36-38-40-42-44-51(56)62-49(48-61-53(52(57)58)59-46-45-54(3,4)5)47-60-50(55)43-41-39-37-15-13-11-9-7-2/h17-18,20-21,23-24,49,53H,6-16,19,22,25-48H2,1-5H3/b18-17-,21-20-,24-23-. The van der Waals surface area contributed by atoms with Gasteiger partial charge in [-0.1, -0.05) is 198 Å². The summed E-state index contributed by atoms with van der Waals surface area (Å²) in [6, 6.07) is 0. The Balaban J connectivity index is 4.10. The van der Waals surface area contributed by atoms with Gasteiger partial charge in [0.1, 0.15) is 13.2 Å². The summed E-state index contributed by atoms with van der Waals surface area (Å²) < 4.78 is 22.5. The number of carboxylic acid groups (broad SMARTS) is 1. The van der Waals surface area contributed by atoms with E-state index in [-0.39, 0.29) is 32.2 Å². The van der Waals surface area contributed by atoms with Gasteiger partial charge in [0.05, 0.1) is 40.3 Å². The lowest BCUT2D eigenvalue weighted by atomic mass is 10.0. The van der Waals surface area contributed by atoms with E-state index in [1.54, 1.807) is 0 Å². The van der Waals surface area contributed by atoms with Crippen molar-refractivity contribution in [3.8, 4) is 0 Å². The normalized spacial score (nSPS) is 13.1. The van der Waals surface area contributed by atoms with Crippen LogP contribution < -0.4 is 5.11 Å². The van der Waals surface area contributed by atoms with Gasteiger partial charge in [-0.05, 0) is 51.4 Å². The molecule has 0 aromatic rings. The Kier molecular flexibility index (Phi) is 43.3. The van der Waals surface area contributed by atoms with Crippen LogP contribution in [0.5, 0.6) is 0 Å². The maximum absolute atomic E-state index is 12.8. The molecule has 0 fully saturated rings. The predicted molar refractivity (Wildman–Crippen MR) is 256 cm³/mol. The highest BCUT2D eigenvalue weighted by Crippen LogP contribution is 2.15. The van der Waals surface area contributed by atoms with Gasteiger partial charge in [0.25, 0.3) is 0 Å². The van der Waals surface area contributed by atoms with Crippen molar-refractivity contribution < 1.29 is 42.9 Å². The van der Waals surface area contributed by atoms with Crippen molar-refractivity contribution in [1.82, 2.24) is 0 Å². The number of nitrogens with zero attached hydrogens (tertiary/aromatic N) is 1. The third-order valence-electron chi connectivity index (χ3n) is 11.1. The summed E-state index contributed by atoms with van der Waals surface area (Å²) in [5.74, 6) is -2.28. The monoisotopic (exact) mass is 876 g/mol. The van der Waals surface area contributed by atoms with Gasteiger partial charge in [0.2, 0.25) is 0 Å². The minimum Gasteiger partial charge on any atom is -0.545 e. The van der Waals surface area contributed by atoms with E-state index in [1.807, 2.05) is 21.1 Å². The number of esters is 2. The molecule has 62 heavy (non-hydrogen) atoms. The fourth-order valence-corrected chi connectivity index (χ4v) is 7.13. The molecule has 362 valence electrons. The molecule has 2 atom stereocenters. The molecule has 0 amide bonds. The molecule has 2 unspecified atom stereocenters. The number of quaternary nitrogens is 1. The molecule has 0 aliphatic rings. The van der Waals surface area contributed by atoms with E-state index in [0.717, 1.165) is 44.9 Å². The van der Waals surface area contributed by atoms with Crippen LogP contribution in [0, 0.1) is 0 Å². The van der Waals surface area contributed by atoms with Gasteiger partial charge in [0.15, 0.2) is 12.4 Å². The van der Waals surface area contributed by atoms with Crippen LogP contribution in [0.15, 0.2) is 36.5 Å². The summed E-state index contributed by atoms with van der Waals surface area (Å²) in [4.78, 5) is 36.9. The summed E-state index contributed by atoms with van der Waals surface area (Å²) in [5.41, 5.74) is 0. The maximum atomic E-state index is 12.8. The lowest BCUT2D eigenvalue weighted by Crippen LogP contribution is -2.44. The molecule has 0 aromatic heterocycles. The number of ether oxygens (including phenoxy) is 4. The van der Waals surface area contributed by atoms with E-state index >= 15 is 0 Å². The van der Waals surface area contributed by atoms with Crippen molar-refractivity contribution in [2.45, 2.75) is 238 Å². The first-order valence-electron chi connectivity index (χ1n) is 25.6. The quantitative estimate of drug-likeness (QED) is 0.0195. The highest BCUT2D eigenvalue weighted by molar-refractivity contribution is 5.70. The molecule has 0 rings (SSSR count). The summed E-state index contributed by atoms with van der Waals surface area (Å²) >= 11 is 0. The van der Waals surface area contributed by atoms with Crippen LogP contribution >= 0.6 is 0 Å². The van der Waals surface area contributed by atoms with E-state index in [0.29, 0.717) is 23.9 Å². The highest BCUT2D eigenvalue weighted by Gasteiger charge is 2.22. The van der Waals surface area contributed by atoms with Gasteiger partial charge in [-0.15, -0.1) is 0 Å². The molecule has 0 saturated carbocycles. The fourth-order valence-electron chi connectivity index (χ4n) is 7.13. The second kappa shape index (κ2) is 45.1. The number of carboxylic acids is 1. The zero-order chi connectivity index (χ0) is 45.6. The number of carbonyl (C=O) groups is 3. The molecule has 9 nitrogen and oxygen atoms in total. The second-order valence-electron chi connectivity index (χ2n) is 18.5. The van der Waals surface area contributed by atoms with Gasteiger partial charge in [-0.2, -0.15) is 0 Å². The fraction of sp³-hybridized carbons (Fsp3) is 0.830.